The van der Waals surface area contributed by atoms with E-state index in [9.17, 15) is 8.42 Å². The number of pyridine rings is 1. The number of hydrogen-bond donors (Lipinski definition) is 2. The van der Waals surface area contributed by atoms with Gasteiger partial charge in [-0.15, -0.1) is 0 Å². The van der Waals surface area contributed by atoms with Crippen LogP contribution in [0, 0.1) is 0 Å². The molecule has 8 heteroatoms. The summed E-state index contributed by atoms with van der Waals surface area (Å²) in [6.45, 7) is 6.16. The maximum Gasteiger partial charge on any atom is 0.242 e. The second-order valence-corrected chi connectivity index (χ2v) is 6.94. The zero-order valence-corrected chi connectivity index (χ0v) is 13.6. The molecule has 0 aliphatic carbocycles. The predicted molar refractivity (Wildman–Crippen MR) is 79.7 cm³/mol. The second-order valence-electron chi connectivity index (χ2n) is 4.77. The first-order valence-corrected chi connectivity index (χ1v) is 8.05. The van der Waals surface area contributed by atoms with Crippen molar-refractivity contribution >= 4 is 27.4 Å². The van der Waals surface area contributed by atoms with Crippen LogP contribution in [0.5, 0.6) is 0 Å². The molecule has 2 N–H and O–H groups in total. The fourth-order valence-electron chi connectivity index (χ4n) is 1.55. The van der Waals surface area contributed by atoms with E-state index in [0.29, 0.717) is 12.4 Å². The number of halogens is 1. The van der Waals surface area contributed by atoms with Gasteiger partial charge in [0, 0.05) is 26.4 Å². The SMILES string of the molecule is CCOC(C)(C)CNS(=O)(=O)c1cnc(NC)c(Cl)c1. The molecular weight excluding hydrogens is 302 g/mol. The maximum atomic E-state index is 12.1. The van der Waals surface area contributed by atoms with Gasteiger partial charge in [-0.3, -0.25) is 0 Å². The fraction of sp³-hybridized carbons (Fsp3) is 0.583. The molecule has 0 radical (unpaired) electrons. The van der Waals surface area contributed by atoms with Crippen LogP contribution in [0.4, 0.5) is 5.82 Å². The van der Waals surface area contributed by atoms with Crippen LogP contribution in [0.3, 0.4) is 0 Å². The molecule has 0 aromatic carbocycles. The van der Waals surface area contributed by atoms with E-state index in [0.717, 1.165) is 0 Å². The zero-order valence-electron chi connectivity index (χ0n) is 12.0. The second kappa shape index (κ2) is 6.71. The highest BCUT2D eigenvalue weighted by molar-refractivity contribution is 7.89. The molecule has 1 aromatic heterocycles. The number of nitrogens with one attached hydrogen (secondary N) is 2. The standard InChI is InChI=1S/C12H20ClN3O3S/c1-5-19-12(2,3)8-16-20(17,18)9-6-10(13)11(14-4)15-7-9/h6-7,16H,5,8H2,1-4H3,(H,14,15). The number of nitrogens with zero attached hydrogens (tertiary/aromatic N) is 1. The van der Waals surface area contributed by atoms with Crippen molar-refractivity contribution in [1.29, 1.82) is 0 Å². The molecule has 20 heavy (non-hydrogen) atoms. The average Bonchev–Trinajstić information content (AvgIpc) is 2.36. The predicted octanol–water partition coefficient (Wildman–Crippen LogP) is 1.87. The van der Waals surface area contributed by atoms with E-state index in [1.54, 1.807) is 7.05 Å². The van der Waals surface area contributed by atoms with Crippen molar-refractivity contribution in [2.24, 2.45) is 0 Å². The minimum absolute atomic E-state index is 0.0220. The summed E-state index contributed by atoms with van der Waals surface area (Å²) in [4.78, 5) is 3.97. The van der Waals surface area contributed by atoms with Crippen molar-refractivity contribution in [3.63, 3.8) is 0 Å². The molecule has 1 aromatic rings. The number of sulfonamides is 1. The number of aromatic nitrogens is 1. The van der Waals surface area contributed by atoms with Crippen molar-refractivity contribution in [3.05, 3.63) is 17.3 Å². The third-order valence-corrected chi connectivity index (χ3v) is 4.24. The van der Waals surface area contributed by atoms with Crippen LogP contribution in [-0.2, 0) is 14.8 Å². The molecule has 1 heterocycles. The van der Waals surface area contributed by atoms with E-state index in [1.165, 1.54) is 12.3 Å². The largest absolute Gasteiger partial charge is 0.375 e. The van der Waals surface area contributed by atoms with Crippen LogP contribution in [0.2, 0.25) is 5.02 Å². The summed E-state index contributed by atoms with van der Waals surface area (Å²) in [5, 5.41) is 3.02. The number of ether oxygens (including phenoxy) is 1. The van der Waals surface area contributed by atoms with Gasteiger partial charge in [0.2, 0.25) is 10.0 Å². The van der Waals surface area contributed by atoms with Gasteiger partial charge in [0.15, 0.2) is 0 Å². The lowest BCUT2D eigenvalue weighted by Crippen LogP contribution is -2.40. The molecule has 114 valence electrons. The molecule has 0 fully saturated rings. The van der Waals surface area contributed by atoms with Crippen molar-refractivity contribution in [1.82, 2.24) is 9.71 Å². The highest BCUT2D eigenvalue weighted by atomic mass is 35.5. The van der Waals surface area contributed by atoms with E-state index in [1.807, 2.05) is 20.8 Å². The molecule has 1 rings (SSSR count). The fourth-order valence-corrected chi connectivity index (χ4v) is 3.04. The molecule has 0 saturated heterocycles. The Morgan fingerprint density at radius 2 is 2.10 bits per heavy atom. The van der Waals surface area contributed by atoms with Crippen molar-refractivity contribution in [2.45, 2.75) is 31.3 Å². The van der Waals surface area contributed by atoms with Gasteiger partial charge in [-0.05, 0) is 26.8 Å². The van der Waals surface area contributed by atoms with E-state index < -0.39 is 15.6 Å². The van der Waals surface area contributed by atoms with Gasteiger partial charge < -0.3 is 10.1 Å². The first kappa shape index (κ1) is 17.2. The quantitative estimate of drug-likeness (QED) is 0.801. The Kier molecular flexibility index (Phi) is 5.76. The number of anilines is 1. The number of rotatable bonds is 7. The smallest absolute Gasteiger partial charge is 0.242 e. The summed E-state index contributed by atoms with van der Waals surface area (Å²) in [6.07, 6.45) is 1.26. The Balaban J connectivity index is 2.87. The first-order chi connectivity index (χ1) is 9.22. The van der Waals surface area contributed by atoms with Gasteiger partial charge in [0.1, 0.15) is 10.7 Å². The van der Waals surface area contributed by atoms with E-state index in [-0.39, 0.29) is 16.5 Å². The lowest BCUT2D eigenvalue weighted by Gasteiger charge is -2.24. The van der Waals surface area contributed by atoms with Crippen LogP contribution in [0.15, 0.2) is 17.2 Å². The van der Waals surface area contributed by atoms with E-state index in [4.69, 9.17) is 16.3 Å². The van der Waals surface area contributed by atoms with Gasteiger partial charge >= 0.3 is 0 Å². The van der Waals surface area contributed by atoms with Crippen molar-refractivity contribution in [2.75, 3.05) is 25.5 Å². The van der Waals surface area contributed by atoms with Gasteiger partial charge in [-0.25, -0.2) is 18.1 Å². The summed E-state index contributed by atoms with van der Waals surface area (Å²) < 4.78 is 32.2. The topological polar surface area (TPSA) is 80.3 Å². The lowest BCUT2D eigenvalue weighted by atomic mass is 10.1. The third kappa shape index (κ3) is 4.59. The molecule has 0 spiro atoms. The third-order valence-electron chi connectivity index (χ3n) is 2.59. The van der Waals surface area contributed by atoms with Gasteiger partial charge in [-0.2, -0.15) is 0 Å². The number of hydrogen-bond acceptors (Lipinski definition) is 5. The molecule has 0 aliphatic heterocycles. The van der Waals surface area contributed by atoms with E-state index in [2.05, 4.69) is 15.0 Å². The van der Waals surface area contributed by atoms with Crippen LogP contribution in [0.1, 0.15) is 20.8 Å². The molecule has 0 bridgehead atoms. The lowest BCUT2D eigenvalue weighted by molar-refractivity contribution is -0.00515. The van der Waals surface area contributed by atoms with E-state index >= 15 is 0 Å². The van der Waals surface area contributed by atoms with Crippen LogP contribution in [0.25, 0.3) is 0 Å². The molecule has 0 saturated carbocycles. The molecule has 0 unspecified atom stereocenters. The maximum absolute atomic E-state index is 12.1. The molecular formula is C12H20ClN3O3S. The van der Waals surface area contributed by atoms with Crippen molar-refractivity contribution in [3.8, 4) is 0 Å². The first-order valence-electron chi connectivity index (χ1n) is 6.19. The summed E-state index contributed by atoms with van der Waals surface area (Å²) in [5.41, 5.74) is -0.579. The Morgan fingerprint density at radius 3 is 2.60 bits per heavy atom. The van der Waals surface area contributed by atoms with Crippen LogP contribution in [-0.4, -0.2) is 39.2 Å². The Bertz CT molecular complexity index is 561. The van der Waals surface area contributed by atoms with Crippen molar-refractivity contribution < 1.29 is 13.2 Å². The Morgan fingerprint density at radius 1 is 1.45 bits per heavy atom. The highest BCUT2D eigenvalue weighted by Gasteiger charge is 2.23. The van der Waals surface area contributed by atoms with Gasteiger partial charge in [-0.1, -0.05) is 11.6 Å². The summed E-state index contributed by atoms with van der Waals surface area (Å²) in [5.74, 6) is 0.431. The van der Waals surface area contributed by atoms with Gasteiger partial charge in [0.05, 0.1) is 10.6 Å². The summed E-state index contributed by atoms with van der Waals surface area (Å²) >= 11 is 5.93. The molecule has 0 aliphatic rings. The zero-order chi connectivity index (χ0) is 15.4. The average molecular weight is 322 g/mol. The minimum atomic E-state index is -3.66. The minimum Gasteiger partial charge on any atom is -0.375 e. The van der Waals surface area contributed by atoms with Crippen LogP contribution >= 0.6 is 11.6 Å². The summed E-state index contributed by atoms with van der Waals surface area (Å²) in [6, 6.07) is 1.36. The monoisotopic (exact) mass is 321 g/mol. The molecule has 0 atom stereocenters. The Hall–Kier alpha value is -0.890. The normalized spacial score (nSPS) is 12.4. The molecule has 6 nitrogen and oxygen atoms in total. The van der Waals surface area contributed by atoms with Crippen LogP contribution < -0.4 is 10.0 Å². The Labute approximate surface area is 124 Å². The molecule has 0 amide bonds. The highest BCUT2D eigenvalue weighted by Crippen LogP contribution is 2.22. The summed E-state index contributed by atoms with van der Waals surface area (Å²) in [7, 11) is -2.01. The van der Waals surface area contributed by atoms with Gasteiger partial charge in [0.25, 0.3) is 0 Å².